The molecule has 2 aliphatic rings. The third kappa shape index (κ3) is 4.23. The zero-order chi connectivity index (χ0) is 14.7. The molecule has 2 N–H and O–H groups in total. The fourth-order valence-corrected chi connectivity index (χ4v) is 3.75. The fraction of sp³-hybridized carbons (Fsp3) is 0.611. The standard InChI is InChI=1S/C18H26N2O.ClH/c1-13-5-4-6-14(9-13)11-20-18(21)17-10-15-7-2-3-8-16(15)12-19-17;/h2-3,7-8,13-14,17,19H,4-6,9-12H2,1H3,(H,20,21);1H. The molecule has 1 aliphatic heterocycles. The predicted molar refractivity (Wildman–Crippen MR) is 92.2 cm³/mol. The molecule has 1 fully saturated rings. The van der Waals surface area contributed by atoms with Gasteiger partial charge in [-0.1, -0.05) is 44.0 Å². The van der Waals surface area contributed by atoms with Crippen molar-refractivity contribution in [2.75, 3.05) is 6.54 Å². The number of fused-ring (bicyclic) bond motifs is 1. The molecular weight excluding hydrogens is 296 g/mol. The Kier molecular flexibility index (Phi) is 6.27. The van der Waals surface area contributed by atoms with E-state index in [0.29, 0.717) is 5.92 Å². The van der Waals surface area contributed by atoms with Crippen LogP contribution in [-0.2, 0) is 17.8 Å². The lowest BCUT2D eigenvalue weighted by molar-refractivity contribution is -0.123. The van der Waals surface area contributed by atoms with Crippen molar-refractivity contribution in [1.82, 2.24) is 10.6 Å². The Morgan fingerprint density at radius 3 is 2.82 bits per heavy atom. The van der Waals surface area contributed by atoms with Crippen molar-refractivity contribution in [3.05, 3.63) is 35.4 Å². The number of halogens is 1. The molecule has 3 rings (SSSR count). The van der Waals surface area contributed by atoms with E-state index in [2.05, 4.69) is 41.8 Å². The van der Waals surface area contributed by atoms with Gasteiger partial charge in [0.1, 0.15) is 0 Å². The lowest BCUT2D eigenvalue weighted by Crippen LogP contribution is -2.48. The Labute approximate surface area is 139 Å². The van der Waals surface area contributed by atoms with Gasteiger partial charge in [-0.05, 0) is 42.2 Å². The van der Waals surface area contributed by atoms with Gasteiger partial charge in [-0.2, -0.15) is 0 Å². The summed E-state index contributed by atoms with van der Waals surface area (Å²) >= 11 is 0. The Morgan fingerprint density at radius 2 is 2.05 bits per heavy atom. The van der Waals surface area contributed by atoms with Crippen LogP contribution in [0.3, 0.4) is 0 Å². The summed E-state index contributed by atoms with van der Waals surface area (Å²) in [5.74, 6) is 1.66. The zero-order valence-electron chi connectivity index (χ0n) is 13.3. The van der Waals surface area contributed by atoms with E-state index in [0.717, 1.165) is 25.4 Å². The molecule has 3 nitrogen and oxygen atoms in total. The van der Waals surface area contributed by atoms with E-state index in [1.165, 1.54) is 36.8 Å². The maximum absolute atomic E-state index is 12.4. The molecule has 0 radical (unpaired) electrons. The maximum atomic E-state index is 12.4. The van der Waals surface area contributed by atoms with Gasteiger partial charge in [-0.3, -0.25) is 4.79 Å². The minimum Gasteiger partial charge on any atom is -0.354 e. The highest BCUT2D eigenvalue weighted by atomic mass is 35.5. The first-order chi connectivity index (χ1) is 10.2. The summed E-state index contributed by atoms with van der Waals surface area (Å²) in [6.45, 7) is 3.98. The van der Waals surface area contributed by atoms with Gasteiger partial charge < -0.3 is 10.6 Å². The van der Waals surface area contributed by atoms with Crippen LogP contribution >= 0.6 is 12.4 Å². The van der Waals surface area contributed by atoms with Crippen LogP contribution in [-0.4, -0.2) is 18.5 Å². The molecule has 1 amide bonds. The number of carbonyl (C=O) groups excluding carboxylic acids is 1. The van der Waals surface area contributed by atoms with Gasteiger partial charge in [-0.15, -0.1) is 12.4 Å². The van der Waals surface area contributed by atoms with Crippen LogP contribution < -0.4 is 10.6 Å². The largest absolute Gasteiger partial charge is 0.354 e. The number of hydrogen-bond acceptors (Lipinski definition) is 2. The number of hydrogen-bond donors (Lipinski definition) is 2. The van der Waals surface area contributed by atoms with Gasteiger partial charge in [-0.25, -0.2) is 0 Å². The summed E-state index contributed by atoms with van der Waals surface area (Å²) in [4.78, 5) is 12.4. The molecule has 22 heavy (non-hydrogen) atoms. The molecule has 0 saturated heterocycles. The number of nitrogens with one attached hydrogen (secondary N) is 2. The molecule has 4 heteroatoms. The van der Waals surface area contributed by atoms with Crippen LogP contribution in [0.1, 0.15) is 43.7 Å². The van der Waals surface area contributed by atoms with Gasteiger partial charge in [0.05, 0.1) is 6.04 Å². The summed E-state index contributed by atoms with van der Waals surface area (Å²) in [5, 5.41) is 6.53. The van der Waals surface area contributed by atoms with E-state index >= 15 is 0 Å². The van der Waals surface area contributed by atoms with Crippen molar-refractivity contribution in [2.45, 2.75) is 51.6 Å². The highest BCUT2D eigenvalue weighted by Gasteiger charge is 2.25. The van der Waals surface area contributed by atoms with E-state index in [4.69, 9.17) is 0 Å². The molecular formula is C18H27ClN2O. The summed E-state index contributed by atoms with van der Waals surface area (Å²) in [6, 6.07) is 8.33. The number of benzene rings is 1. The van der Waals surface area contributed by atoms with Gasteiger partial charge in [0.15, 0.2) is 0 Å². The second-order valence-electron chi connectivity index (χ2n) is 6.79. The number of carbonyl (C=O) groups is 1. The van der Waals surface area contributed by atoms with Crippen LogP contribution in [0.2, 0.25) is 0 Å². The summed E-state index contributed by atoms with van der Waals surface area (Å²) < 4.78 is 0. The molecule has 1 heterocycles. The molecule has 0 spiro atoms. The maximum Gasteiger partial charge on any atom is 0.237 e. The molecule has 1 aliphatic carbocycles. The van der Waals surface area contributed by atoms with Crippen LogP contribution in [0.4, 0.5) is 0 Å². The lowest BCUT2D eigenvalue weighted by atomic mass is 9.82. The van der Waals surface area contributed by atoms with E-state index < -0.39 is 0 Å². The highest BCUT2D eigenvalue weighted by molar-refractivity contribution is 5.85. The topological polar surface area (TPSA) is 41.1 Å². The number of amides is 1. The van der Waals surface area contributed by atoms with Crippen molar-refractivity contribution in [2.24, 2.45) is 11.8 Å². The smallest absolute Gasteiger partial charge is 0.237 e. The van der Waals surface area contributed by atoms with Crippen LogP contribution in [0, 0.1) is 11.8 Å². The Hall–Kier alpha value is -1.06. The minimum absolute atomic E-state index is 0. The highest BCUT2D eigenvalue weighted by Crippen LogP contribution is 2.28. The predicted octanol–water partition coefficient (Wildman–Crippen LogP) is 3.07. The fourth-order valence-electron chi connectivity index (χ4n) is 3.75. The Bertz CT molecular complexity index is 506. The molecule has 3 atom stereocenters. The van der Waals surface area contributed by atoms with Gasteiger partial charge in [0.25, 0.3) is 0 Å². The minimum atomic E-state index is -0.0686. The first-order valence-corrected chi connectivity index (χ1v) is 8.30. The van der Waals surface area contributed by atoms with Crippen LogP contribution in [0.15, 0.2) is 24.3 Å². The summed E-state index contributed by atoms with van der Waals surface area (Å²) in [7, 11) is 0. The van der Waals surface area contributed by atoms with Gasteiger partial charge >= 0.3 is 0 Å². The summed E-state index contributed by atoms with van der Waals surface area (Å²) in [6.07, 6.45) is 6.01. The molecule has 1 aromatic rings. The Balaban J connectivity index is 0.00000176. The molecule has 1 saturated carbocycles. The lowest BCUT2D eigenvalue weighted by Gasteiger charge is -2.29. The first kappa shape index (κ1) is 17.3. The van der Waals surface area contributed by atoms with Crippen LogP contribution in [0.5, 0.6) is 0 Å². The summed E-state index contributed by atoms with van der Waals surface area (Å²) in [5.41, 5.74) is 2.63. The second-order valence-corrected chi connectivity index (χ2v) is 6.79. The third-order valence-electron chi connectivity index (χ3n) is 5.01. The molecule has 122 valence electrons. The SMILES string of the molecule is CC1CCCC(CNC(=O)C2Cc3ccccc3CN2)C1.Cl. The van der Waals surface area contributed by atoms with E-state index in [1.54, 1.807) is 0 Å². The molecule has 1 aromatic carbocycles. The Morgan fingerprint density at radius 1 is 1.27 bits per heavy atom. The van der Waals surface area contributed by atoms with E-state index in [-0.39, 0.29) is 24.4 Å². The van der Waals surface area contributed by atoms with Crippen molar-refractivity contribution in [3.8, 4) is 0 Å². The van der Waals surface area contributed by atoms with Crippen molar-refractivity contribution >= 4 is 18.3 Å². The van der Waals surface area contributed by atoms with Gasteiger partial charge in [0, 0.05) is 13.1 Å². The van der Waals surface area contributed by atoms with Crippen molar-refractivity contribution in [1.29, 1.82) is 0 Å². The van der Waals surface area contributed by atoms with E-state index in [1.807, 2.05) is 0 Å². The average Bonchev–Trinajstić information content (AvgIpc) is 2.52. The number of rotatable bonds is 3. The quantitative estimate of drug-likeness (QED) is 0.898. The zero-order valence-corrected chi connectivity index (χ0v) is 14.1. The van der Waals surface area contributed by atoms with Crippen molar-refractivity contribution in [3.63, 3.8) is 0 Å². The van der Waals surface area contributed by atoms with E-state index in [9.17, 15) is 4.79 Å². The molecule has 0 bridgehead atoms. The third-order valence-corrected chi connectivity index (χ3v) is 5.01. The molecule has 3 unspecified atom stereocenters. The first-order valence-electron chi connectivity index (χ1n) is 8.30. The second kappa shape index (κ2) is 7.98. The average molecular weight is 323 g/mol. The molecule has 0 aromatic heterocycles. The normalized spacial score (nSPS) is 27.4. The van der Waals surface area contributed by atoms with Crippen molar-refractivity contribution < 1.29 is 4.79 Å². The van der Waals surface area contributed by atoms with Crippen LogP contribution in [0.25, 0.3) is 0 Å². The monoisotopic (exact) mass is 322 g/mol. The van der Waals surface area contributed by atoms with Gasteiger partial charge in [0.2, 0.25) is 5.91 Å².